The Morgan fingerprint density at radius 3 is 2.75 bits per heavy atom. The van der Waals surface area contributed by atoms with Crippen molar-refractivity contribution in [2.75, 3.05) is 13.7 Å². The zero-order valence-electron chi connectivity index (χ0n) is 13.8. The van der Waals surface area contributed by atoms with Crippen molar-refractivity contribution in [3.8, 4) is 5.75 Å². The summed E-state index contributed by atoms with van der Waals surface area (Å²) in [6.07, 6.45) is 2.03. The molecular weight excluding hydrogens is 328 g/mol. The number of ether oxygens (including phenoxy) is 2. The molecule has 0 atom stereocenters. The fourth-order valence-electron chi connectivity index (χ4n) is 2.70. The van der Waals surface area contributed by atoms with Crippen LogP contribution in [0.3, 0.4) is 0 Å². The molecule has 0 bridgehead atoms. The van der Waals surface area contributed by atoms with Crippen LogP contribution in [0, 0.1) is 0 Å². The first-order valence-electron chi connectivity index (χ1n) is 7.66. The van der Waals surface area contributed by atoms with Crippen molar-refractivity contribution in [3.63, 3.8) is 0 Å². The van der Waals surface area contributed by atoms with E-state index in [1.165, 1.54) is 11.3 Å². The molecule has 2 aromatic heterocycles. The maximum absolute atomic E-state index is 12.4. The molecule has 0 unspecified atom stereocenters. The van der Waals surface area contributed by atoms with Crippen molar-refractivity contribution in [1.29, 1.82) is 0 Å². The van der Waals surface area contributed by atoms with Crippen molar-refractivity contribution in [1.82, 2.24) is 9.78 Å². The van der Waals surface area contributed by atoms with Gasteiger partial charge in [0.25, 0.3) is 0 Å². The van der Waals surface area contributed by atoms with Crippen LogP contribution in [0.1, 0.15) is 29.4 Å². The van der Waals surface area contributed by atoms with Gasteiger partial charge in [0, 0.05) is 35.0 Å². The number of thiophene rings is 1. The van der Waals surface area contributed by atoms with E-state index >= 15 is 0 Å². The third-order valence-corrected chi connectivity index (χ3v) is 4.96. The van der Waals surface area contributed by atoms with E-state index in [1.54, 1.807) is 24.9 Å². The molecule has 0 amide bonds. The molecule has 24 heavy (non-hydrogen) atoms. The normalized spacial score (nSPS) is 11.1. The summed E-state index contributed by atoms with van der Waals surface area (Å²) in [5.41, 5.74) is 0.897. The van der Waals surface area contributed by atoms with E-state index < -0.39 is 0 Å². The lowest BCUT2D eigenvalue weighted by atomic mass is 10.1. The number of benzene rings is 1. The topological polar surface area (TPSA) is 70.4 Å². The van der Waals surface area contributed by atoms with Gasteiger partial charge in [0.15, 0.2) is 5.78 Å². The second kappa shape index (κ2) is 6.60. The first-order chi connectivity index (χ1) is 11.5. The van der Waals surface area contributed by atoms with Crippen LogP contribution in [0.4, 0.5) is 0 Å². The number of ketones is 1. The highest BCUT2D eigenvalue weighted by Gasteiger charge is 2.17. The number of hydrogen-bond acceptors (Lipinski definition) is 6. The molecule has 0 saturated heterocycles. The van der Waals surface area contributed by atoms with Gasteiger partial charge in [-0.05, 0) is 13.0 Å². The van der Waals surface area contributed by atoms with E-state index in [-0.39, 0.29) is 24.6 Å². The summed E-state index contributed by atoms with van der Waals surface area (Å²) in [5.74, 6) is 0.327. The number of aromatic nitrogens is 2. The van der Waals surface area contributed by atoms with E-state index in [2.05, 4.69) is 5.10 Å². The summed E-state index contributed by atoms with van der Waals surface area (Å²) in [5, 5.41) is 6.21. The van der Waals surface area contributed by atoms with Crippen LogP contribution < -0.4 is 4.74 Å². The van der Waals surface area contributed by atoms with Crippen LogP contribution in [0.25, 0.3) is 21.0 Å². The maximum Gasteiger partial charge on any atom is 0.306 e. The lowest BCUT2D eigenvalue weighted by Crippen LogP contribution is -2.07. The Labute approximate surface area is 143 Å². The molecule has 0 aliphatic rings. The van der Waals surface area contributed by atoms with Crippen LogP contribution in [-0.2, 0) is 16.6 Å². The van der Waals surface area contributed by atoms with Crippen LogP contribution in [0.2, 0.25) is 0 Å². The molecule has 0 aliphatic carbocycles. The van der Waals surface area contributed by atoms with E-state index in [9.17, 15) is 9.59 Å². The van der Waals surface area contributed by atoms with Gasteiger partial charge in [0.1, 0.15) is 11.3 Å². The Morgan fingerprint density at radius 2 is 2.04 bits per heavy atom. The Balaban J connectivity index is 1.95. The first-order valence-corrected chi connectivity index (χ1v) is 8.47. The molecule has 126 valence electrons. The minimum atomic E-state index is -0.344. The number of esters is 1. The highest BCUT2D eigenvalue weighted by atomic mass is 32.1. The van der Waals surface area contributed by atoms with Gasteiger partial charge < -0.3 is 9.47 Å². The molecule has 3 rings (SSSR count). The Kier molecular flexibility index (Phi) is 4.53. The van der Waals surface area contributed by atoms with E-state index in [1.807, 2.05) is 19.2 Å². The number of fused-ring (bicyclic) bond motifs is 3. The number of carbonyl (C=O) groups is 2. The van der Waals surface area contributed by atoms with Gasteiger partial charge >= 0.3 is 5.97 Å². The zero-order valence-corrected chi connectivity index (χ0v) is 14.6. The Morgan fingerprint density at radius 1 is 1.25 bits per heavy atom. The minimum absolute atomic E-state index is 0.0553. The smallest absolute Gasteiger partial charge is 0.306 e. The van der Waals surface area contributed by atoms with Crippen molar-refractivity contribution in [3.05, 3.63) is 23.2 Å². The van der Waals surface area contributed by atoms with Crippen LogP contribution in [0.15, 0.2) is 18.3 Å². The molecule has 0 fully saturated rings. The predicted molar refractivity (Wildman–Crippen MR) is 92.8 cm³/mol. The summed E-state index contributed by atoms with van der Waals surface area (Å²) in [6.45, 7) is 2.08. The van der Waals surface area contributed by atoms with Crippen LogP contribution in [-0.4, -0.2) is 35.2 Å². The minimum Gasteiger partial charge on any atom is -0.494 e. The van der Waals surface area contributed by atoms with Crippen molar-refractivity contribution in [2.45, 2.75) is 19.8 Å². The quantitative estimate of drug-likeness (QED) is 0.506. The highest BCUT2D eigenvalue weighted by Crippen LogP contribution is 2.37. The number of carbonyl (C=O) groups excluding carboxylic acids is 2. The number of Topliss-reactive ketones (excluding diaryl/α,β-unsaturated/α-hetero) is 1. The maximum atomic E-state index is 12.4. The summed E-state index contributed by atoms with van der Waals surface area (Å²) in [4.78, 5) is 24.4. The number of hydrogen-bond donors (Lipinski definition) is 0. The van der Waals surface area contributed by atoms with Crippen molar-refractivity contribution in [2.24, 2.45) is 7.05 Å². The number of rotatable bonds is 6. The fraction of sp³-hybridized carbons (Fsp3) is 0.353. The average Bonchev–Trinajstić information content (AvgIpc) is 3.16. The third kappa shape index (κ3) is 2.87. The standard InChI is InChI=1S/C17H18N2O4S/c1-4-23-16(21)6-5-12(20)15-7-10-11-9-18-19(2)17(11)13(22-3)8-14(10)24-15/h7-9H,4-6H2,1-3H3. The van der Waals surface area contributed by atoms with Crippen molar-refractivity contribution >= 4 is 44.1 Å². The molecule has 0 aliphatic heterocycles. The molecule has 3 aromatic rings. The van der Waals surface area contributed by atoms with Gasteiger partial charge in [-0.15, -0.1) is 11.3 Å². The molecule has 0 saturated carbocycles. The first kappa shape index (κ1) is 16.4. The molecule has 2 heterocycles. The molecule has 0 N–H and O–H groups in total. The monoisotopic (exact) mass is 346 g/mol. The third-order valence-electron chi connectivity index (χ3n) is 3.84. The number of aryl methyl sites for hydroxylation is 1. The molecular formula is C17H18N2O4S. The largest absolute Gasteiger partial charge is 0.494 e. The fourth-order valence-corrected chi connectivity index (χ4v) is 3.78. The number of methoxy groups -OCH3 is 1. The second-order valence-corrected chi connectivity index (χ2v) is 6.44. The van der Waals surface area contributed by atoms with Gasteiger partial charge in [-0.2, -0.15) is 5.10 Å². The van der Waals surface area contributed by atoms with E-state index in [4.69, 9.17) is 9.47 Å². The summed E-state index contributed by atoms with van der Waals surface area (Å²) in [7, 11) is 3.47. The van der Waals surface area contributed by atoms with Crippen LogP contribution in [0.5, 0.6) is 5.75 Å². The van der Waals surface area contributed by atoms with Gasteiger partial charge in [0.05, 0.1) is 31.2 Å². The molecule has 1 aromatic carbocycles. The van der Waals surface area contributed by atoms with Crippen LogP contribution >= 0.6 is 11.3 Å². The molecule has 6 nitrogen and oxygen atoms in total. The number of nitrogens with zero attached hydrogens (tertiary/aromatic N) is 2. The zero-order chi connectivity index (χ0) is 17.3. The van der Waals surface area contributed by atoms with Gasteiger partial charge in [-0.3, -0.25) is 14.3 Å². The summed E-state index contributed by atoms with van der Waals surface area (Å²) in [6, 6.07) is 3.79. The van der Waals surface area contributed by atoms with E-state index in [0.29, 0.717) is 11.5 Å². The van der Waals surface area contributed by atoms with Gasteiger partial charge in [-0.1, -0.05) is 0 Å². The lowest BCUT2D eigenvalue weighted by molar-refractivity contribution is -0.143. The summed E-state index contributed by atoms with van der Waals surface area (Å²) >= 11 is 1.41. The predicted octanol–water partition coefficient (Wildman–Crippen LogP) is 3.32. The van der Waals surface area contributed by atoms with Gasteiger partial charge in [0.2, 0.25) is 0 Å². The molecule has 0 radical (unpaired) electrons. The Hall–Kier alpha value is -2.41. The molecule has 0 spiro atoms. The van der Waals surface area contributed by atoms with E-state index in [0.717, 1.165) is 26.7 Å². The van der Waals surface area contributed by atoms with Gasteiger partial charge in [-0.25, -0.2) is 0 Å². The SMILES string of the molecule is CCOC(=O)CCC(=O)c1cc2c(cc(OC)c3c2cnn3C)s1. The summed E-state index contributed by atoms with van der Waals surface area (Å²) < 4.78 is 13.0. The average molecular weight is 346 g/mol. The second-order valence-electron chi connectivity index (χ2n) is 5.36. The Bertz CT molecular complexity index is 926. The lowest BCUT2D eigenvalue weighted by Gasteiger charge is -2.04. The highest BCUT2D eigenvalue weighted by molar-refractivity contribution is 7.21. The molecule has 7 heteroatoms. The van der Waals surface area contributed by atoms with Crippen molar-refractivity contribution < 1.29 is 19.1 Å².